The Morgan fingerprint density at radius 1 is 0.853 bits per heavy atom. The molecule has 0 spiro atoms. The second-order valence-corrected chi connectivity index (χ2v) is 9.23. The monoisotopic (exact) mass is 452 g/mol. The fraction of sp³-hybridized carbons (Fsp3) is 0.300. The Morgan fingerprint density at radius 2 is 1.44 bits per heavy atom. The van der Waals surface area contributed by atoms with Gasteiger partial charge in [0, 0.05) is 50.4 Å². The van der Waals surface area contributed by atoms with Crippen LogP contribution in [0.25, 0.3) is 5.70 Å². The van der Waals surface area contributed by atoms with Gasteiger partial charge in [-0.15, -0.1) is 0 Å². The van der Waals surface area contributed by atoms with Crippen molar-refractivity contribution < 1.29 is 9.53 Å². The van der Waals surface area contributed by atoms with E-state index in [0.29, 0.717) is 6.54 Å². The maximum Gasteiger partial charge on any atom is 0.168 e. The molecule has 174 valence electrons. The molecule has 2 atom stereocenters. The fourth-order valence-electron chi connectivity index (χ4n) is 5.45. The summed E-state index contributed by atoms with van der Waals surface area (Å²) in [7, 11) is 2.13. The number of hydrogen-bond acceptors (Lipinski definition) is 4. The SMILES string of the molecule is CN1C[C@@H](C(=O)c2ccccc2)[C@@H](c2ccccc2)C(CN2CCOCC2)=C1c1ccccc1. The first-order chi connectivity index (χ1) is 16.7. The molecule has 3 aromatic rings. The molecule has 2 aliphatic heterocycles. The van der Waals surface area contributed by atoms with Crippen LogP contribution in [0.1, 0.15) is 27.4 Å². The standard InChI is InChI=1S/C30H32N2O2/c1-31-21-27(30(33)25-15-9-4-10-16-25)28(23-11-5-2-6-12-23)26(22-32-17-19-34-20-18-32)29(31)24-13-7-3-8-14-24/h2-16,27-28H,17-22H2,1H3/t27-,28+/m1/s1. The van der Waals surface area contributed by atoms with Gasteiger partial charge in [-0.05, 0) is 16.7 Å². The number of ether oxygens (including phenoxy) is 1. The summed E-state index contributed by atoms with van der Waals surface area (Å²) in [6.45, 7) is 4.85. The lowest BCUT2D eigenvalue weighted by Crippen LogP contribution is -2.44. The summed E-state index contributed by atoms with van der Waals surface area (Å²) in [5.41, 5.74) is 5.78. The average Bonchev–Trinajstić information content (AvgIpc) is 2.90. The highest BCUT2D eigenvalue weighted by molar-refractivity contribution is 5.99. The van der Waals surface area contributed by atoms with Crippen LogP contribution in [0.5, 0.6) is 0 Å². The molecule has 1 saturated heterocycles. The number of nitrogens with zero attached hydrogens (tertiary/aromatic N) is 2. The topological polar surface area (TPSA) is 32.8 Å². The van der Waals surface area contributed by atoms with E-state index in [9.17, 15) is 4.79 Å². The number of morpholine rings is 1. The lowest BCUT2D eigenvalue weighted by molar-refractivity contribution is 0.0408. The Hall–Kier alpha value is -3.21. The summed E-state index contributed by atoms with van der Waals surface area (Å²) >= 11 is 0. The van der Waals surface area contributed by atoms with Crippen molar-refractivity contribution in [2.75, 3.05) is 46.4 Å². The van der Waals surface area contributed by atoms with Crippen LogP contribution in [0.3, 0.4) is 0 Å². The largest absolute Gasteiger partial charge is 0.379 e. The maximum absolute atomic E-state index is 13.9. The molecule has 0 unspecified atom stereocenters. The second-order valence-electron chi connectivity index (χ2n) is 9.23. The summed E-state index contributed by atoms with van der Waals surface area (Å²) in [6.07, 6.45) is 0. The van der Waals surface area contributed by atoms with E-state index in [-0.39, 0.29) is 17.6 Å². The number of hydrogen-bond donors (Lipinski definition) is 0. The van der Waals surface area contributed by atoms with E-state index in [2.05, 4.69) is 77.5 Å². The van der Waals surface area contributed by atoms with Crippen LogP contribution in [0.4, 0.5) is 0 Å². The normalized spacial score (nSPS) is 21.5. The van der Waals surface area contributed by atoms with Crippen LogP contribution in [-0.2, 0) is 4.74 Å². The third-order valence-electron chi connectivity index (χ3n) is 7.03. The van der Waals surface area contributed by atoms with Gasteiger partial charge < -0.3 is 9.64 Å². The summed E-state index contributed by atoms with van der Waals surface area (Å²) in [6, 6.07) is 31.0. The Morgan fingerprint density at radius 3 is 2.09 bits per heavy atom. The van der Waals surface area contributed by atoms with E-state index in [1.165, 1.54) is 22.4 Å². The van der Waals surface area contributed by atoms with Crippen LogP contribution in [0.2, 0.25) is 0 Å². The van der Waals surface area contributed by atoms with Gasteiger partial charge in [0.25, 0.3) is 0 Å². The molecule has 4 nitrogen and oxygen atoms in total. The Labute approximate surface area is 202 Å². The maximum atomic E-state index is 13.9. The van der Waals surface area contributed by atoms with Gasteiger partial charge in [-0.2, -0.15) is 0 Å². The van der Waals surface area contributed by atoms with Crippen molar-refractivity contribution in [3.05, 3.63) is 113 Å². The van der Waals surface area contributed by atoms with E-state index < -0.39 is 0 Å². The van der Waals surface area contributed by atoms with Crippen molar-refractivity contribution in [2.45, 2.75) is 5.92 Å². The van der Waals surface area contributed by atoms with Gasteiger partial charge in [-0.3, -0.25) is 9.69 Å². The highest BCUT2D eigenvalue weighted by Gasteiger charge is 2.40. The molecule has 0 N–H and O–H groups in total. The quantitative estimate of drug-likeness (QED) is 0.495. The Kier molecular flexibility index (Phi) is 6.89. The van der Waals surface area contributed by atoms with Gasteiger partial charge in [0.05, 0.1) is 19.1 Å². The van der Waals surface area contributed by atoms with Gasteiger partial charge in [-0.25, -0.2) is 0 Å². The van der Waals surface area contributed by atoms with Crippen LogP contribution in [-0.4, -0.2) is 62.0 Å². The number of Topliss-reactive ketones (excluding diaryl/α,β-unsaturated/α-hetero) is 1. The van der Waals surface area contributed by atoms with Gasteiger partial charge >= 0.3 is 0 Å². The zero-order chi connectivity index (χ0) is 23.3. The smallest absolute Gasteiger partial charge is 0.168 e. The molecular weight excluding hydrogens is 420 g/mol. The van der Waals surface area contributed by atoms with E-state index in [0.717, 1.165) is 38.4 Å². The van der Waals surface area contributed by atoms with Crippen molar-refractivity contribution in [2.24, 2.45) is 5.92 Å². The molecule has 0 bridgehead atoms. The fourth-order valence-corrected chi connectivity index (χ4v) is 5.45. The predicted octanol–water partition coefficient (Wildman–Crippen LogP) is 4.96. The molecule has 2 heterocycles. The third-order valence-corrected chi connectivity index (χ3v) is 7.03. The molecule has 0 aliphatic carbocycles. The van der Waals surface area contributed by atoms with Gasteiger partial charge in [-0.1, -0.05) is 91.0 Å². The number of ketones is 1. The zero-order valence-corrected chi connectivity index (χ0v) is 19.8. The molecular formula is C30H32N2O2. The molecule has 0 amide bonds. The summed E-state index contributed by atoms with van der Waals surface area (Å²) in [5.74, 6) is 0.0781. The predicted molar refractivity (Wildman–Crippen MR) is 137 cm³/mol. The molecule has 4 heteroatoms. The van der Waals surface area contributed by atoms with Gasteiger partial charge in [0.2, 0.25) is 0 Å². The molecule has 3 aromatic carbocycles. The van der Waals surface area contributed by atoms with E-state index >= 15 is 0 Å². The minimum atomic E-state index is -0.154. The van der Waals surface area contributed by atoms with Crippen molar-refractivity contribution in [3.8, 4) is 0 Å². The lowest BCUT2D eigenvalue weighted by Gasteiger charge is -2.43. The molecule has 2 aliphatic rings. The van der Waals surface area contributed by atoms with E-state index in [4.69, 9.17) is 4.74 Å². The molecule has 34 heavy (non-hydrogen) atoms. The summed E-state index contributed by atoms with van der Waals surface area (Å²) < 4.78 is 5.63. The van der Waals surface area contributed by atoms with Crippen molar-refractivity contribution in [1.29, 1.82) is 0 Å². The number of rotatable bonds is 6. The number of carbonyl (C=O) groups is 1. The van der Waals surface area contributed by atoms with Gasteiger partial charge in [0.1, 0.15) is 0 Å². The molecule has 0 saturated carbocycles. The van der Waals surface area contributed by atoms with Crippen molar-refractivity contribution >= 4 is 11.5 Å². The van der Waals surface area contributed by atoms with Crippen molar-refractivity contribution in [1.82, 2.24) is 9.80 Å². The number of benzene rings is 3. The first-order valence-corrected chi connectivity index (χ1v) is 12.2. The molecule has 1 fully saturated rings. The van der Waals surface area contributed by atoms with E-state index in [1.807, 2.05) is 30.3 Å². The first-order valence-electron chi connectivity index (χ1n) is 12.2. The molecule has 5 rings (SSSR count). The van der Waals surface area contributed by atoms with Crippen LogP contribution in [0, 0.1) is 5.92 Å². The second kappa shape index (κ2) is 10.4. The van der Waals surface area contributed by atoms with Crippen LogP contribution in [0.15, 0.2) is 96.6 Å². The lowest BCUT2D eigenvalue weighted by atomic mass is 9.72. The Bertz CT molecular complexity index is 1120. The summed E-state index contributed by atoms with van der Waals surface area (Å²) in [5, 5.41) is 0. The third kappa shape index (κ3) is 4.70. The minimum Gasteiger partial charge on any atom is -0.379 e. The van der Waals surface area contributed by atoms with Crippen LogP contribution < -0.4 is 0 Å². The van der Waals surface area contributed by atoms with Gasteiger partial charge in [0.15, 0.2) is 5.78 Å². The van der Waals surface area contributed by atoms with Crippen LogP contribution >= 0.6 is 0 Å². The Balaban J connectivity index is 1.66. The average molecular weight is 453 g/mol. The molecule has 0 radical (unpaired) electrons. The number of carbonyl (C=O) groups excluding carboxylic acids is 1. The first kappa shape index (κ1) is 22.6. The molecule has 0 aromatic heterocycles. The zero-order valence-electron chi connectivity index (χ0n) is 19.8. The summed E-state index contributed by atoms with van der Waals surface area (Å²) in [4.78, 5) is 18.7. The van der Waals surface area contributed by atoms with E-state index in [1.54, 1.807) is 0 Å². The van der Waals surface area contributed by atoms with Crippen molar-refractivity contribution in [3.63, 3.8) is 0 Å². The highest BCUT2D eigenvalue weighted by atomic mass is 16.5. The highest BCUT2D eigenvalue weighted by Crippen LogP contribution is 2.44. The minimum absolute atomic E-state index is 0.0168.